The molecule has 0 aromatic carbocycles. The molecule has 0 aromatic rings. The van der Waals surface area contributed by atoms with Gasteiger partial charge < -0.3 is 0 Å². The molecule has 11 heavy (non-hydrogen) atoms. The molecule has 0 nitrogen and oxygen atoms in total. The van der Waals surface area contributed by atoms with Gasteiger partial charge in [0.1, 0.15) is 0 Å². The van der Waals surface area contributed by atoms with Crippen LogP contribution >= 0.6 is 0 Å². The van der Waals surface area contributed by atoms with Gasteiger partial charge in [-0.2, -0.15) is 0 Å². The van der Waals surface area contributed by atoms with E-state index in [9.17, 15) is 8.78 Å². The first kappa shape index (κ1) is 8.95. The van der Waals surface area contributed by atoms with Gasteiger partial charge in [0.15, 0.2) is 0 Å². The normalized spacial score (nSPS) is 37.1. The summed E-state index contributed by atoms with van der Waals surface area (Å²) in [5.41, 5.74) is 0. The average Bonchev–Trinajstić information content (AvgIpc) is 1.86. The van der Waals surface area contributed by atoms with Gasteiger partial charge in [-0.3, -0.25) is 0 Å². The maximum absolute atomic E-state index is 12.8. The zero-order valence-electron chi connectivity index (χ0n) is 7.24. The highest BCUT2D eigenvalue weighted by molar-refractivity contribution is 4.81. The van der Waals surface area contributed by atoms with Crippen molar-refractivity contribution >= 4 is 0 Å². The second-order valence-electron chi connectivity index (χ2n) is 3.74. The molecule has 2 atom stereocenters. The first-order valence-electron chi connectivity index (χ1n) is 4.43. The summed E-state index contributed by atoms with van der Waals surface area (Å²) in [7, 11) is 0. The predicted octanol–water partition coefficient (Wildman–Crippen LogP) is 3.47. The molecule has 2 heteroatoms. The molecule has 0 spiro atoms. The Bertz CT molecular complexity index is 132. The number of hydrogen-bond donors (Lipinski definition) is 0. The molecule has 66 valence electrons. The Morgan fingerprint density at radius 1 is 1.45 bits per heavy atom. The quantitative estimate of drug-likeness (QED) is 0.553. The van der Waals surface area contributed by atoms with Gasteiger partial charge in [0.25, 0.3) is 0 Å². The summed E-state index contributed by atoms with van der Waals surface area (Å²) < 4.78 is 25.5. The Balaban J connectivity index is 2.48. The molecule has 0 radical (unpaired) electrons. The summed E-state index contributed by atoms with van der Waals surface area (Å²) in [4.78, 5) is 0. The second kappa shape index (κ2) is 3.08. The summed E-state index contributed by atoms with van der Waals surface area (Å²) in [5, 5.41) is 0. The van der Waals surface area contributed by atoms with Crippen molar-refractivity contribution in [1.82, 2.24) is 0 Å². The van der Waals surface area contributed by atoms with Crippen LogP contribution in [0.25, 0.3) is 0 Å². The van der Waals surface area contributed by atoms with Crippen LogP contribution < -0.4 is 0 Å². The lowest BCUT2D eigenvalue weighted by atomic mass is 9.77. The minimum Gasteiger partial charge on any atom is -0.207 e. The lowest BCUT2D eigenvalue weighted by molar-refractivity contribution is -0.0662. The molecule has 0 N–H and O–H groups in total. The van der Waals surface area contributed by atoms with Crippen LogP contribution in [0.1, 0.15) is 39.5 Å². The zero-order chi connectivity index (χ0) is 8.48. The molecule has 1 fully saturated rings. The lowest BCUT2D eigenvalue weighted by Gasteiger charge is -2.33. The van der Waals surface area contributed by atoms with E-state index in [0.717, 1.165) is 6.42 Å². The van der Waals surface area contributed by atoms with E-state index in [1.807, 2.05) is 6.92 Å². The van der Waals surface area contributed by atoms with Crippen LogP contribution in [-0.4, -0.2) is 5.92 Å². The largest absolute Gasteiger partial charge is 0.248 e. The van der Waals surface area contributed by atoms with Crippen LogP contribution in [0, 0.1) is 11.8 Å². The van der Waals surface area contributed by atoms with E-state index >= 15 is 0 Å². The molecule has 1 rings (SSSR count). The topological polar surface area (TPSA) is 0 Å². The Morgan fingerprint density at radius 2 is 2.09 bits per heavy atom. The predicted molar refractivity (Wildman–Crippen MR) is 41.7 cm³/mol. The van der Waals surface area contributed by atoms with Gasteiger partial charge in [0.2, 0.25) is 5.92 Å². The van der Waals surface area contributed by atoms with Crippen molar-refractivity contribution in [3.8, 4) is 0 Å². The smallest absolute Gasteiger partial charge is 0.207 e. The van der Waals surface area contributed by atoms with Crippen LogP contribution in [0.5, 0.6) is 0 Å². The third-order valence-electron chi connectivity index (χ3n) is 2.83. The minimum absolute atomic E-state index is 0.103. The maximum Gasteiger partial charge on any atom is 0.248 e. The van der Waals surface area contributed by atoms with Gasteiger partial charge >= 0.3 is 0 Å². The molecule has 0 heterocycles. The van der Waals surface area contributed by atoms with E-state index in [-0.39, 0.29) is 18.8 Å². The van der Waals surface area contributed by atoms with Crippen molar-refractivity contribution in [3.05, 3.63) is 0 Å². The van der Waals surface area contributed by atoms with Crippen molar-refractivity contribution in [2.45, 2.75) is 45.5 Å². The van der Waals surface area contributed by atoms with Crippen molar-refractivity contribution < 1.29 is 8.78 Å². The summed E-state index contributed by atoms with van der Waals surface area (Å²) >= 11 is 0. The monoisotopic (exact) mass is 162 g/mol. The fourth-order valence-electron chi connectivity index (χ4n) is 2.03. The van der Waals surface area contributed by atoms with E-state index in [2.05, 4.69) is 6.92 Å². The number of rotatable bonds is 1. The molecule has 0 amide bonds. The zero-order valence-corrected chi connectivity index (χ0v) is 7.24. The van der Waals surface area contributed by atoms with Gasteiger partial charge in [-0.25, -0.2) is 8.78 Å². The van der Waals surface area contributed by atoms with E-state index in [1.165, 1.54) is 0 Å². The summed E-state index contributed by atoms with van der Waals surface area (Å²) in [6.45, 7) is 4.03. The molecular weight excluding hydrogens is 146 g/mol. The number of hydrogen-bond acceptors (Lipinski definition) is 0. The van der Waals surface area contributed by atoms with E-state index < -0.39 is 5.92 Å². The van der Waals surface area contributed by atoms with Crippen molar-refractivity contribution in [2.24, 2.45) is 11.8 Å². The Labute approximate surface area is 67.0 Å². The standard InChI is InChI=1S/C9H16F2/c1-3-8-4-5-9(10,11)6-7(8)2/h7-8H,3-6H2,1-2H3. The molecule has 1 aliphatic carbocycles. The lowest BCUT2D eigenvalue weighted by Crippen LogP contribution is -2.30. The van der Waals surface area contributed by atoms with E-state index in [4.69, 9.17) is 0 Å². The summed E-state index contributed by atoms with van der Waals surface area (Å²) in [6.07, 6.45) is 1.98. The van der Waals surface area contributed by atoms with Gasteiger partial charge in [-0.05, 0) is 18.3 Å². The van der Waals surface area contributed by atoms with Crippen molar-refractivity contribution in [3.63, 3.8) is 0 Å². The Morgan fingerprint density at radius 3 is 2.55 bits per heavy atom. The minimum atomic E-state index is -2.37. The Kier molecular flexibility index (Phi) is 2.50. The SMILES string of the molecule is CCC1CCC(F)(F)CC1C. The van der Waals surface area contributed by atoms with E-state index in [1.54, 1.807) is 0 Å². The summed E-state index contributed by atoms with van der Waals surface area (Å²) in [6, 6.07) is 0. The molecular formula is C9H16F2. The number of halogens is 2. The number of alkyl halides is 2. The van der Waals surface area contributed by atoms with Gasteiger partial charge in [0.05, 0.1) is 0 Å². The Hall–Kier alpha value is -0.140. The van der Waals surface area contributed by atoms with Gasteiger partial charge in [0, 0.05) is 12.8 Å². The van der Waals surface area contributed by atoms with Crippen molar-refractivity contribution in [2.75, 3.05) is 0 Å². The fourth-order valence-corrected chi connectivity index (χ4v) is 2.03. The second-order valence-corrected chi connectivity index (χ2v) is 3.74. The molecule has 0 aliphatic heterocycles. The van der Waals surface area contributed by atoms with Crippen LogP contribution in [0.2, 0.25) is 0 Å². The van der Waals surface area contributed by atoms with Crippen molar-refractivity contribution in [1.29, 1.82) is 0 Å². The van der Waals surface area contributed by atoms with Crippen LogP contribution in [0.3, 0.4) is 0 Å². The summed E-state index contributed by atoms with van der Waals surface area (Å²) in [5.74, 6) is -1.62. The first-order valence-corrected chi connectivity index (χ1v) is 4.43. The maximum atomic E-state index is 12.8. The molecule has 1 saturated carbocycles. The van der Waals surface area contributed by atoms with Crippen LogP contribution in [-0.2, 0) is 0 Å². The molecule has 0 saturated heterocycles. The van der Waals surface area contributed by atoms with Crippen LogP contribution in [0.15, 0.2) is 0 Å². The van der Waals surface area contributed by atoms with Crippen LogP contribution in [0.4, 0.5) is 8.78 Å². The van der Waals surface area contributed by atoms with E-state index in [0.29, 0.717) is 12.3 Å². The first-order chi connectivity index (χ1) is 5.05. The highest BCUT2D eigenvalue weighted by Gasteiger charge is 2.38. The van der Waals surface area contributed by atoms with Gasteiger partial charge in [-0.15, -0.1) is 0 Å². The highest BCUT2D eigenvalue weighted by Crippen LogP contribution is 2.40. The highest BCUT2D eigenvalue weighted by atomic mass is 19.3. The average molecular weight is 162 g/mol. The van der Waals surface area contributed by atoms with Gasteiger partial charge in [-0.1, -0.05) is 20.3 Å². The molecule has 1 aliphatic rings. The molecule has 2 unspecified atom stereocenters. The third-order valence-corrected chi connectivity index (χ3v) is 2.83. The fraction of sp³-hybridized carbons (Fsp3) is 1.00. The third kappa shape index (κ3) is 2.14. The molecule has 0 bridgehead atoms. The molecule has 0 aromatic heterocycles.